The van der Waals surface area contributed by atoms with Crippen molar-refractivity contribution < 1.29 is 17.6 Å². The Morgan fingerprint density at radius 1 is 1.06 bits per heavy atom. The second-order valence-corrected chi connectivity index (χ2v) is 10.6. The van der Waals surface area contributed by atoms with Crippen LogP contribution in [0.1, 0.15) is 55.3 Å². The summed E-state index contributed by atoms with van der Waals surface area (Å²) in [5.41, 5.74) is 3.86. The van der Waals surface area contributed by atoms with Crippen LogP contribution in [0.15, 0.2) is 47.4 Å². The van der Waals surface area contributed by atoms with Crippen LogP contribution in [-0.4, -0.2) is 31.7 Å². The summed E-state index contributed by atoms with van der Waals surface area (Å²) in [7, 11) is -3.75. The zero-order valence-electron chi connectivity index (χ0n) is 17.8. The zero-order chi connectivity index (χ0) is 22.0. The number of sulfonamides is 1. The molecule has 1 fully saturated rings. The van der Waals surface area contributed by atoms with Gasteiger partial charge in [0.1, 0.15) is 5.82 Å². The van der Waals surface area contributed by atoms with E-state index >= 15 is 0 Å². The molecule has 1 aliphatic heterocycles. The molecule has 1 saturated heterocycles. The zero-order valence-corrected chi connectivity index (χ0v) is 18.6. The van der Waals surface area contributed by atoms with Crippen LogP contribution >= 0.6 is 0 Å². The molecular weight excluding hydrogens is 415 g/mol. The number of halogens is 1. The van der Waals surface area contributed by atoms with E-state index < -0.39 is 21.8 Å². The number of rotatable bonds is 5. The third-order valence-electron chi connectivity index (χ3n) is 6.44. The number of hydrogen-bond donors (Lipinski definition) is 1. The van der Waals surface area contributed by atoms with Gasteiger partial charge in [-0.1, -0.05) is 18.2 Å². The number of fused-ring (bicyclic) bond motifs is 1. The second kappa shape index (κ2) is 9.09. The number of nitrogens with zero attached hydrogens (tertiary/aromatic N) is 1. The van der Waals surface area contributed by atoms with Gasteiger partial charge in [-0.3, -0.25) is 4.79 Å². The Hall–Kier alpha value is -2.25. The maximum Gasteiger partial charge on any atom is 0.243 e. The standard InChI is InChI=1S/C24H29FN2O3S/c1-17(19-9-8-18-5-2-3-6-20(18)15-19)26-24(28)21-7-4-14-27(16-21)31(29,30)23-12-10-22(25)11-13-23/h8-13,15,17,21H,2-7,14,16H2,1H3,(H,26,28)/t17-,21+/m0/s1. The molecule has 31 heavy (non-hydrogen) atoms. The summed E-state index contributed by atoms with van der Waals surface area (Å²) < 4.78 is 40.4. The molecule has 0 radical (unpaired) electrons. The average Bonchev–Trinajstić information content (AvgIpc) is 2.79. The summed E-state index contributed by atoms with van der Waals surface area (Å²) in [6.45, 7) is 2.48. The number of aryl methyl sites for hydroxylation is 2. The number of piperidine rings is 1. The van der Waals surface area contributed by atoms with Gasteiger partial charge in [-0.25, -0.2) is 12.8 Å². The molecule has 1 heterocycles. The van der Waals surface area contributed by atoms with Gasteiger partial charge in [0.15, 0.2) is 0 Å². The maximum atomic E-state index is 13.2. The van der Waals surface area contributed by atoms with Crippen LogP contribution in [0.4, 0.5) is 4.39 Å². The lowest BCUT2D eigenvalue weighted by molar-refractivity contribution is -0.126. The number of hydrogen-bond acceptors (Lipinski definition) is 3. The minimum atomic E-state index is -3.75. The smallest absolute Gasteiger partial charge is 0.243 e. The van der Waals surface area contributed by atoms with Crippen molar-refractivity contribution in [3.63, 3.8) is 0 Å². The third-order valence-corrected chi connectivity index (χ3v) is 8.32. The van der Waals surface area contributed by atoms with Crippen molar-refractivity contribution in [2.45, 2.75) is 56.4 Å². The van der Waals surface area contributed by atoms with Crippen molar-refractivity contribution >= 4 is 15.9 Å². The van der Waals surface area contributed by atoms with Crippen molar-refractivity contribution in [3.8, 4) is 0 Å². The Morgan fingerprint density at radius 2 is 1.77 bits per heavy atom. The van der Waals surface area contributed by atoms with Crippen molar-refractivity contribution in [2.24, 2.45) is 5.92 Å². The topological polar surface area (TPSA) is 66.5 Å². The van der Waals surface area contributed by atoms with Gasteiger partial charge < -0.3 is 5.32 Å². The number of benzene rings is 2. The fourth-order valence-corrected chi connectivity index (χ4v) is 6.09. The highest BCUT2D eigenvalue weighted by Crippen LogP contribution is 2.27. The first-order valence-corrected chi connectivity index (χ1v) is 12.5. The molecule has 2 aliphatic rings. The Balaban J connectivity index is 1.42. The Bertz CT molecular complexity index is 1050. The van der Waals surface area contributed by atoms with Gasteiger partial charge in [-0.05, 0) is 86.4 Å². The normalized spacial score (nSPS) is 20.6. The highest BCUT2D eigenvalue weighted by atomic mass is 32.2. The summed E-state index contributed by atoms with van der Waals surface area (Å²) in [6.07, 6.45) is 5.92. The van der Waals surface area contributed by atoms with E-state index in [4.69, 9.17) is 0 Å². The van der Waals surface area contributed by atoms with Gasteiger partial charge >= 0.3 is 0 Å². The van der Waals surface area contributed by atoms with E-state index in [1.807, 2.05) is 6.92 Å². The molecule has 5 nitrogen and oxygen atoms in total. The quantitative estimate of drug-likeness (QED) is 0.759. The molecule has 1 aliphatic carbocycles. The number of nitrogens with one attached hydrogen (secondary N) is 1. The number of carbonyl (C=O) groups excluding carboxylic acids is 1. The van der Waals surface area contributed by atoms with Crippen molar-refractivity contribution in [1.82, 2.24) is 9.62 Å². The summed E-state index contributed by atoms with van der Waals surface area (Å²) in [5, 5.41) is 3.08. The number of carbonyl (C=O) groups is 1. The largest absolute Gasteiger partial charge is 0.349 e. The van der Waals surface area contributed by atoms with E-state index in [0.29, 0.717) is 19.4 Å². The molecule has 0 saturated carbocycles. The Labute approximate surface area is 183 Å². The average molecular weight is 445 g/mol. The van der Waals surface area contributed by atoms with Gasteiger partial charge in [0, 0.05) is 13.1 Å². The van der Waals surface area contributed by atoms with Crippen LogP contribution < -0.4 is 5.32 Å². The lowest BCUT2D eigenvalue weighted by Crippen LogP contribution is -2.45. The van der Waals surface area contributed by atoms with Crippen LogP contribution in [0.3, 0.4) is 0 Å². The van der Waals surface area contributed by atoms with Gasteiger partial charge in [-0.2, -0.15) is 4.31 Å². The predicted molar refractivity (Wildman–Crippen MR) is 118 cm³/mol. The van der Waals surface area contributed by atoms with Gasteiger partial charge in [0.25, 0.3) is 0 Å². The van der Waals surface area contributed by atoms with Crippen molar-refractivity contribution in [1.29, 1.82) is 0 Å². The SMILES string of the molecule is C[C@H](NC(=O)[C@@H]1CCCN(S(=O)(=O)c2ccc(F)cc2)C1)c1ccc2c(c1)CCCC2. The molecule has 2 atom stereocenters. The molecule has 2 aromatic rings. The third kappa shape index (κ3) is 4.83. The summed E-state index contributed by atoms with van der Waals surface area (Å²) in [5.74, 6) is -1.00. The number of amides is 1. The first-order chi connectivity index (χ1) is 14.8. The molecule has 166 valence electrons. The van der Waals surface area contributed by atoms with E-state index in [9.17, 15) is 17.6 Å². The van der Waals surface area contributed by atoms with E-state index in [1.165, 1.54) is 40.4 Å². The second-order valence-electron chi connectivity index (χ2n) is 8.62. The van der Waals surface area contributed by atoms with Crippen LogP contribution in [0, 0.1) is 11.7 Å². The molecular formula is C24H29FN2O3S. The molecule has 7 heteroatoms. The van der Waals surface area contributed by atoms with Crippen molar-refractivity contribution in [3.05, 3.63) is 65.0 Å². The first kappa shape index (κ1) is 22.0. The summed E-state index contributed by atoms with van der Waals surface area (Å²) in [6, 6.07) is 11.1. The summed E-state index contributed by atoms with van der Waals surface area (Å²) >= 11 is 0. The highest BCUT2D eigenvalue weighted by Gasteiger charge is 2.33. The van der Waals surface area contributed by atoms with E-state index in [0.717, 1.165) is 30.5 Å². The van der Waals surface area contributed by atoms with Crippen LogP contribution in [0.5, 0.6) is 0 Å². The lowest BCUT2D eigenvalue weighted by atomic mass is 9.89. The minimum absolute atomic E-state index is 0.0531. The first-order valence-electron chi connectivity index (χ1n) is 11.0. The lowest BCUT2D eigenvalue weighted by Gasteiger charge is -2.32. The fraction of sp³-hybridized carbons (Fsp3) is 0.458. The van der Waals surface area contributed by atoms with Crippen LogP contribution in [0.25, 0.3) is 0 Å². The van der Waals surface area contributed by atoms with Gasteiger partial charge in [0.2, 0.25) is 15.9 Å². The van der Waals surface area contributed by atoms with E-state index in [2.05, 4.69) is 23.5 Å². The highest BCUT2D eigenvalue weighted by molar-refractivity contribution is 7.89. The molecule has 1 amide bonds. The van der Waals surface area contributed by atoms with Crippen LogP contribution in [0.2, 0.25) is 0 Å². The minimum Gasteiger partial charge on any atom is -0.349 e. The van der Waals surface area contributed by atoms with Gasteiger partial charge in [-0.15, -0.1) is 0 Å². The monoisotopic (exact) mass is 444 g/mol. The molecule has 0 aromatic heterocycles. The Morgan fingerprint density at radius 3 is 2.52 bits per heavy atom. The van der Waals surface area contributed by atoms with E-state index in [-0.39, 0.29) is 23.4 Å². The fourth-order valence-electron chi connectivity index (χ4n) is 4.57. The van der Waals surface area contributed by atoms with E-state index in [1.54, 1.807) is 0 Å². The molecule has 1 N–H and O–H groups in total. The molecule has 0 bridgehead atoms. The molecule has 0 spiro atoms. The Kier molecular flexibility index (Phi) is 6.44. The molecule has 0 unspecified atom stereocenters. The predicted octanol–water partition coefficient (Wildman–Crippen LogP) is 3.98. The van der Waals surface area contributed by atoms with Crippen molar-refractivity contribution in [2.75, 3.05) is 13.1 Å². The summed E-state index contributed by atoms with van der Waals surface area (Å²) in [4.78, 5) is 13.0. The molecule has 4 rings (SSSR count). The maximum absolute atomic E-state index is 13.2. The molecule has 2 aromatic carbocycles. The van der Waals surface area contributed by atoms with Gasteiger partial charge in [0.05, 0.1) is 16.9 Å². The van der Waals surface area contributed by atoms with Crippen LogP contribution in [-0.2, 0) is 27.7 Å².